The Morgan fingerprint density at radius 2 is 2.05 bits per heavy atom. The molecule has 0 saturated heterocycles. The Kier molecular flexibility index (Phi) is 3.88. The molecule has 2 N–H and O–H groups in total. The van der Waals surface area contributed by atoms with E-state index in [1.54, 1.807) is 0 Å². The Labute approximate surface area is 119 Å². The van der Waals surface area contributed by atoms with Crippen LogP contribution in [0.1, 0.15) is 43.2 Å². The quantitative estimate of drug-likeness (QED) is 0.899. The molecule has 0 atom stereocenters. The number of para-hydroxylation sites is 1. The minimum absolute atomic E-state index is 0.0371. The molecule has 1 heterocycles. The highest BCUT2D eigenvalue weighted by Gasteiger charge is 2.13. The summed E-state index contributed by atoms with van der Waals surface area (Å²) in [7, 11) is 0. The number of aromatic amines is 1. The minimum atomic E-state index is 0.0371. The maximum Gasteiger partial charge on any atom is 0.252 e. The molecule has 0 bridgehead atoms. The predicted octanol–water partition coefficient (Wildman–Crippen LogP) is 3.26. The molecule has 3 heteroatoms. The Morgan fingerprint density at radius 3 is 2.85 bits per heavy atom. The van der Waals surface area contributed by atoms with Gasteiger partial charge in [0.15, 0.2) is 0 Å². The van der Waals surface area contributed by atoms with Gasteiger partial charge in [-0.15, -0.1) is 0 Å². The van der Waals surface area contributed by atoms with Gasteiger partial charge in [0.2, 0.25) is 0 Å². The molecule has 1 aromatic carbocycles. The molecule has 0 aliphatic heterocycles. The summed E-state index contributed by atoms with van der Waals surface area (Å²) in [4.78, 5) is 15.2. The van der Waals surface area contributed by atoms with Gasteiger partial charge in [0.25, 0.3) is 5.56 Å². The van der Waals surface area contributed by atoms with Crippen LogP contribution in [-0.4, -0.2) is 11.0 Å². The van der Waals surface area contributed by atoms with E-state index in [0.29, 0.717) is 12.6 Å². The number of H-pyrrole nitrogens is 1. The summed E-state index contributed by atoms with van der Waals surface area (Å²) in [5.41, 5.74) is 2.95. The monoisotopic (exact) mass is 270 g/mol. The number of hydrogen-bond donors (Lipinski definition) is 2. The molecule has 3 rings (SSSR count). The topological polar surface area (TPSA) is 44.9 Å². The smallest absolute Gasteiger partial charge is 0.252 e. The lowest BCUT2D eigenvalue weighted by molar-refractivity contribution is 0.372. The summed E-state index contributed by atoms with van der Waals surface area (Å²) in [6.07, 6.45) is 6.46. The van der Waals surface area contributed by atoms with E-state index in [9.17, 15) is 4.79 Å². The summed E-state index contributed by atoms with van der Waals surface area (Å²) in [6.45, 7) is 2.70. The summed E-state index contributed by atoms with van der Waals surface area (Å²) in [5, 5.41) is 4.65. The first-order valence-corrected chi connectivity index (χ1v) is 7.59. The molecule has 20 heavy (non-hydrogen) atoms. The lowest BCUT2D eigenvalue weighted by Crippen LogP contribution is -2.32. The van der Waals surface area contributed by atoms with Crippen molar-refractivity contribution in [2.75, 3.05) is 0 Å². The molecule has 1 saturated carbocycles. The van der Waals surface area contributed by atoms with Crippen LogP contribution in [0.2, 0.25) is 0 Å². The van der Waals surface area contributed by atoms with Crippen molar-refractivity contribution in [1.82, 2.24) is 10.3 Å². The summed E-state index contributed by atoms with van der Waals surface area (Å²) in [5.74, 6) is 0. The van der Waals surface area contributed by atoms with E-state index in [1.165, 1.54) is 32.1 Å². The van der Waals surface area contributed by atoms with Crippen LogP contribution < -0.4 is 10.9 Å². The van der Waals surface area contributed by atoms with Crippen LogP contribution in [0.25, 0.3) is 10.9 Å². The van der Waals surface area contributed by atoms with E-state index in [4.69, 9.17) is 0 Å². The van der Waals surface area contributed by atoms with Crippen LogP contribution in [0.3, 0.4) is 0 Å². The van der Waals surface area contributed by atoms with Crippen molar-refractivity contribution in [3.8, 4) is 0 Å². The second-order valence-electron chi connectivity index (χ2n) is 5.88. The van der Waals surface area contributed by atoms with Crippen LogP contribution in [-0.2, 0) is 6.54 Å². The summed E-state index contributed by atoms with van der Waals surface area (Å²) >= 11 is 0. The zero-order valence-corrected chi connectivity index (χ0v) is 12.0. The number of rotatable bonds is 3. The van der Waals surface area contributed by atoms with E-state index < -0.39 is 0 Å². The average Bonchev–Trinajstić information content (AvgIpc) is 2.47. The molecule has 1 aliphatic carbocycles. The van der Waals surface area contributed by atoms with E-state index in [1.807, 2.05) is 25.1 Å². The standard InChI is InChI=1S/C17H22N2O/c1-12-6-5-7-13-10-14(17(20)19-16(12)13)11-18-15-8-3-2-4-9-15/h5-7,10,15,18H,2-4,8-9,11H2,1H3,(H,19,20). The maximum absolute atomic E-state index is 12.2. The molecule has 2 aromatic rings. The number of benzene rings is 1. The summed E-state index contributed by atoms with van der Waals surface area (Å²) < 4.78 is 0. The van der Waals surface area contributed by atoms with Crippen LogP contribution in [0.15, 0.2) is 29.1 Å². The zero-order valence-electron chi connectivity index (χ0n) is 12.0. The number of fused-ring (bicyclic) bond motifs is 1. The van der Waals surface area contributed by atoms with E-state index in [0.717, 1.165) is 22.0 Å². The number of nitrogens with one attached hydrogen (secondary N) is 2. The third-order valence-corrected chi connectivity index (χ3v) is 4.35. The Bertz CT molecular complexity index is 654. The maximum atomic E-state index is 12.2. The lowest BCUT2D eigenvalue weighted by Gasteiger charge is -2.22. The van der Waals surface area contributed by atoms with Crippen molar-refractivity contribution >= 4 is 10.9 Å². The van der Waals surface area contributed by atoms with Gasteiger partial charge in [0, 0.05) is 18.2 Å². The first kappa shape index (κ1) is 13.4. The number of aromatic nitrogens is 1. The molecule has 0 spiro atoms. The van der Waals surface area contributed by atoms with Crippen LogP contribution in [0.4, 0.5) is 0 Å². The fourth-order valence-corrected chi connectivity index (χ4v) is 3.12. The third kappa shape index (κ3) is 2.78. The third-order valence-electron chi connectivity index (χ3n) is 4.35. The molecular weight excluding hydrogens is 248 g/mol. The summed E-state index contributed by atoms with van der Waals surface area (Å²) in [6, 6.07) is 8.72. The molecule has 3 nitrogen and oxygen atoms in total. The van der Waals surface area contributed by atoms with Gasteiger partial charge in [-0.05, 0) is 36.8 Å². The number of hydrogen-bond acceptors (Lipinski definition) is 2. The minimum Gasteiger partial charge on any atom is -0.321 e. The first-order chi connectivity index (χ1) is 9.74. The Hall–Kier alpha value is -1.61. The van der Waals surface area contributed by atoms with E-state index in [2.05, 4.69) is 16.4 Å². The SMILES string of the molecule is Cc1cccc2cc(CNC3CCCCC3)c(=O)[nH]c12. The van der Waals surface area contributed by atoms with Gasteiger partial charge >= 0.3 is 0 Å². The molecule has 0 unspecified atom stereocenters. The van der Waals surface area contributed by atoms with Crippen molar-refractivity contribution in [2.24, 2.45) is 0 Å². The zero-order chi connectivity index (χ0) is 13.9. The van der Waals surface area contributed by atoms with Gasteiger partial charge in [0.05, 0.1) is 5.52 Å². The van der Waals surface area contributed by atoms with Gasteiger partial charge in [-0.1, -0.05) is 37.5 Å². The molecular formula is C17H22N2O. The molecule has 1 aliphatic rings. The molecule has 106 valence electrons. The van der Waals surface area contributed by atoms with Gasteiger partial charge < -0.3 is 10.3 Å². The highest BCUT2D eigenvalue weighted by molar-refractivity contribution is 5.81. The molecule has 1 aromatic heterocycles. The normalized spacial score (nSPS) is 16.6. The van der Waals surface area contributed by atoms with Crippen molar-refractivity contribution in [1.29, 1.82) is 0 Å². The lowest BCUT2D eigenvalue weighted by atomic mass is 9.95. The fraction of sp³-hybridized carbons (Fsp3) is 0.471. The molecule has 1 fully saturated rings. The van der Waals surface area contributed by atoms with Crippen molar-refractivity contribution < 1.29 is 0 Å². The van der Waals surface area contributed by atoms with Gasteiger partial charge in [-0.3, -0.25) is 4.79 Å². The Morgan fingerprint density at radius 1 is 1.25 bits per heavy atom. The van der Waals surface area contributed by atoms with Gasteiger partial charge in [0.1, 0.15) is 0 Å². The highest BCUT2D eigenvalue weighted by atomic mass is 16.1. The first-order valence-electron chi connectivity index (χ1n) is 7.59. The van der Waals surface area contributed by atoms with E-state index >= 15 is 0 Å². The van der Waals surface area contributed by atoms with Gasteiger partial charge in [-0.25, -0.2) is 0 Å². The molecule has 0 radical (unpaired) electrons. The second kappa shape index (κ2) is 5.80. The molecule has 0 amide bonds. The van der Waals surface area contributed by atoms with Crippen LogP contribution in [0.5, 0.6) is 0 Å². The van der Waals surface area contributed by atoms with Crippen molar-refractivity contribution in [2.45, 2.75) is 51.6 Å². The van der Waals surface area contributed by atoms with E-state index in [-0.39, 0.29) is 5.56 Å². The van der Waals surface area contributed by atoms with Crippen LogP contribution in [0, 0.1) is 6.92 Å². The predicted molar refractivity (Wildman–Crippen MR) is 83.0 cm³/mol. The average molecular weight is 270 g/mol. The Balaban J connectivity index is 1.81. The highest BCUT2D eigenvalue weighted by Crippen LogP contribution is 2.18. The van der Waals surface area contributed by atoms with Crippen LogP contribution >= 0.6 is 0 Å². The van der Waals surface area contributed by atoms with Crippen molar-refractivity contribution in [3.63, 3.8) is 0 Å². The largest absolute Gasteiger partial charge is 0.321 e. The fourth-order valence-electron chi connectivity index (χ4n) is 3.12. The van der Waals surface area contributed by atoms with Gasteiger partial charge in [-0.2, -0.15) is 0 Å². The number of pyridine rings is 1. The van der Waals surface area contributed by atoms with Crippen molar-refractivity contribution in [3.05, 3.63) is 45.7 Å². The number of aryl methyl sites for hydroxylation is 1. The second-order valence-corrected chi connectivity index (χ2v) is 5.88.